The number of ether oxygens (including phenoxy) is 1. The summed E-state index contributed by atoms with van der Waals surface area (Å²) >= 11 is 0. The molecule has 0 saturated heterocycles. The maximum atomic E-state index is 6.10. The molecule has 0 fully saturated rings. The SMILES string of the molecule is c1cc2c(cn1)NCC(C1CNCc3[nH]cnc31)O2. The number of rotatable bonds is 1. The van der Waals surface area contributed by atoms with Gasteiger partial charge in [-0.3, -0.25) is 4.98 Å². The van der Waals surface area contributed by atoms with Gasteiger partial charge in [-0.25, -0.2) is 4.98 Å². The van der Waals surface area contributed by atoms with Gasteiger partial charge in [0.25, 0.3) is 0 Å². The van der Waals surface area contributed by atoms with Gasteiger partial charge in [0.15, 0.2) is 0 Å². The average Bonchev–Trinajstić information content (AvgIpc) is 2.95. The van der Waals surface area contributed by atoms with Crippen molar-refractivity contribution in [1.82, 2.24) is 20.3 Å². The third kappa shape index (κ3) is 1.76. The molecule has 0 aliphatic carbocycles. The van der Waals surface area contributed by atoms with E-state index in [4.69, 9.17) is 4.74 Å². The van der Waals surface area contributed by atoms with Crippen LogP contribution in [0.2, 0.25) is 0 Å². The molecule has 0 radical (unpaired) electrons. The van der Waals surface area contributed by atoms with Gasteiger partial charge in [-0.2, -0.15) is 0 Å². The molecule has 0 bridgehead atoms. The summed E-state index contributed by atoms with van der Waals surface area (Å²) in [5, 5.41) is 6.79. The summed E-state index contributed by atoms with van der Waals surface area (Å²) in [6.45, 7) is 2.52. The monoisotopic (exact) mass is 257 g/mol. The van der Waals surface area contributed by atoms with Gasteiger partial charge >= 0.3 is 0 Å². The largest absolute Gasteiger partial charge is 0.486 e. The van der Waals surface area contributed by atoms with Crippen LogP contribution in [0.5, 0.6) is 5.75 Å². The zero-order chi connectivity index (χ0) is 12.7. The van der Waals surface area contributed by atoms with Crippen molar-refractivity contribution in [2.45, 2.75) is 18.6 Å². The lowest BCUT2D eigenvalue weighted by Gasteiger charge is -2.34. The molecule has 0 amide bonds. The minimum Gasteiger partial charge on any atom is -0.486 e. The Labute approximate surface area is 110 Å². The average molecular weight is 257 g/mol. The molecule has 6 heteroatoms. The van der Waals surface area contributed by atoms with Crippen LogP contribution in [0.15, 0.2) is 24.8 Å². The van der Waals surface area contributed by atoms with Crippen LogP contribution in [-0.4, -0.2) is 34.1 Å². The number of hydrogen-bond acceptors (Lipinski definition) is 5. The van der Waals surface area contributed by atoms with Gasteiger partial charge in [0.2, 0.25) is 0 Å². The van der Waals surface area contributed by atoms with E-state index in [1.54, 1.807) is 18.7 Å². The summed E-state index contributed by atoms with van der Waals surface area (Å²) < 4.78 is 6.10. The van der Waals surface area contributed by atoms with Gasteiger partial charge in [-0.15, -0.1) is 0 Å². The Morgan fingerprint density at radius 3 is 3.32 bits per heavy atom. The first-order valence-corrected chi connectivity index (χ1v) is 6.49. The van der Waals surface area contributed by atoms with Crippen LogP contribution < -0.4 is 15.4 Å². The van der Waals surface area contributed by atoms with Crippen LogP contribution in [0.3, 0.4) is 0 Å². The Balaban J connectivity index is 1.63. The maximum Gasteiger partial charge on any atom is 0.146 e. The molecule has 2 aromatic rings. The van der Waals surface area contributed by atoms with Crippen molar-refractivity contribution in [3.05, 3.63) is 36.2 Å². The van der Waals surface area contributed by atoms with Crippen molar-refractivity contribution in [2.75, 3.05) is 18.4 Å². The third-order valence-corrected chi connectivity index (χ3v) is 3.77. The maximum absolute atomic E-state index is 6.10. The van der Waals surface area contributed by atoms with Crippen LogP contribution in [0.25, 0.3) is 0 Å². The highest BCUT2D eigenvalue weighted by molar-refractivity contribution is 5.56. The Hall–Kier alpha value is -2.08. The number of aromatic nitrogens is 3. The zero-order valence-electron chi connectivity index (χ0n) is 10.4. The minimum absolute atomic E-state index is 0.0877. The highest BCUT2D eigenvalue weighted by Gasteiger charge is 2.33. The van der Waals surface area contributed by atoms with Crippen molar-refractivity contribution in [3.8, 4) is 5.75 Å². The molecule has 2 atom stereocenters. The highest BCUT2D eigenvalue weighted by atomic mass is 16.5. The topological polar surface area (TPSA) is 74.9 Å². The number of anilines is 1. The fourth-order valence-electron chi connectivity index (χ4n) is 2.81. The van der Waals surface area contributed by atoms with Crippen LogP contribution in [0.4, 0.5) is 5.69 Å². The van der Waals surface area contributed by atoms with Gasteiger partial charge in [-0.05, 0) is 0 Å². The number of fused-ring (bicyclic) bond motifs is 2. The van der Waals surface area contributed by atoms with Crippen molar-refractivity contribution in [2.24, 2.45) is 0 Å². The smallest absolute Gasteiger partial charge is 0.146 e. The molecule has 4 rings (SSSR count). The summed E-state index contributed by atoms with van der Waals surface area (Å²) in [4.78, 5) is 11.7. The van der Waals surface area contributed by atoms with Crippen molar-refractivity contribution < 1.29 is 4.74 Å². The van der Waals surface area contributed by atoms with E-state index in [9.17, 15) is 0 Å². The molecule has 19 heavy (non-hydrogen) atoms. The molecule has 4 heterocycles. The Morgan fingerprint density at radius 2 is 2.32 bits per heavy atom. The molecule has 2 aromatic heterocycles. The Kier molecular flexibility index (Phi) is 2.41. The van der Waals surface area contributed by atoms with Crippen molar-refractivity contribution in [3.63, 3.8) is 0 Å². The molecule has 2 unspecified atom stereocenters. The van der Waals surface area contributed by atoms with Gasteiger partial charge in [0.1, 0.15) is 11.9 Å². The summed E-state index contributed by atoms with van der Waals surface area (Å²) in [6.07, 6.45) is 5.40. The number of nitrogens with zero attached hydrogens (tertiary/aromatic N) is 2. The van der Waals surface area contributed by atoms with Crippen LogP contribution >= 0.6 is 0 Å². The van der Waals surface area contributed by atoms with E-state index in [2.05, 4.69) is 25.6 Å². The van der Waals surface area contributed by atoms with E-state index < -0.39 is 0 Å². The lowest BCUT2D eigenvalue weighted by atomic mass is 9.93. The van der Waals surface area contributed by atoms with Gasteiger partial charge in [-0.1, -0.05) is 0 Å². The molecular formula is C13H15N5O. The first-order chi connectivity index (χ1) is 9.42. The molecular weight excluding hydrogens is 242 g/mol. The first-order valence-electron chi connectivity index (χ1n) is 6.49. The van der Waals surface area contributed by atoms with Crippen LogP contribution in [0, 0.1) is 0 Å². The molecule has 2 aliphatic heterocycles. The molecule has 0 spiro atoms. The van der Waals surface area contributed by atoms with Crippen molar-refractivity contribution >= 4 is 5.69 Å². The Bertz CT molecular complexity index is 596. The number of H-pyrrole nitrogens is 1. The molecule has 98 valence electrons. The quantitative estimate of drug-likeness (QED) is 0.706. The van der Waals surface area contributed by atoms with Crippen LogP contribution in [-0.2, 0) is 6.54 Å². The van der Waals surface area contributed by atoms with Gasteiger partial charge in [0.05, 0.1) is 42.1 Å². The second kappa shape index (κ2) is 4.24. The Morgan fingerprint density at radius 1 is 1.32 bits per heavy atom. The normalized spacial score (nSPS) is 24.8. The summed E-state index contributed by atoms with van der Waals surface area (Å²) in [5.41, 5.74) is 3.26. The van der Waals surface area contributed by atoms with E-state index in [0.717, 1.165) is 36.8 Å². The van der Waals surface area contributed by atoms with E-state index in [-0.39, 0.29) is 12.0 Å². The second-order valence-corrected chi connectivity index (χ2v) is 4.91. The second-order valence-electron chi connectivity index (χ2n) is 4.91. The first kappa shape index (κ1) is 10.8. The van der Waals surface area contributed by atoms with Gasteiger partial charge < -0.3 is 20.4 Å². The summed E-state index contributed by atoms with van der Waals surface area (Å²) in [5.74, 6) is 1.14. The standard InChI is InChI=1S/C13H15N5O/c1-2-14-4-9-11(1)19-12(6-16-9)8-3-15-5-10-13(8)18-7-17-10/h1-2,4,7-8,12,15-16H,3,5-6H2,(H,17,18). The number of pyridine rings is 1. The van der Waals surface area contributed by atoms with E-state index in [0.29, 0.717) is 0 Å². The zero-order valence-corrected chi connectivity index (χ0v) is 10.4. The summed E-state index contributed by atoms with van der Waals surface area (Å²) in [6, 6.07) is 1.90. The number of hydrogen-bond donors (Lipinski definition) is 3. The van der Waals surface area contributed by atoms with E-state index >= 15 is 0 Å². The molecule has 3 N–H and O–H groups in total. The van der Waals surface area contributed by atoms with Crippen LogP contribution in [0.1, 0.15) is 17.3 Å². The van der Waals surface area contributed by atoms with E-state index in [1.165, 1.54) is 5.69 Å². The fraction of sp³-hybridized carbons (Fsp3) is 0.385. The number of nitrogens with one attached hydrogen (secondary N) is 3. The third-order valence-electron chi connectivity index (χ3n) is 3.77. The molecule has 6 nitrogen and oxygen atoms in total. The predicted molar refractivity (Wildman–Crippen MR) is 70.2 cm³/mol. The lowest BCUT2D eigenvalue weighted by molar-refractivity contribution is 0.166. The molecule has 0 aromatic carbocycles. The van der Waals surface area contributed by atoms with E-state index in [1.807, 2.05) is 6.07 Å². The fourth-order valence-corrected chi connectivity index (χ4v) is 2.81. The number of imidazole rings is 1. The summed E-state index contributed by atoms with van der Waals surface area (Å²) in [7, 11) is 0. The molecule has 0 saturated carbocycles. The van der Waals surface area contributed by atoms with Gasteiger partial charge in [0, 0.05) is 25.4 Å². The minimum atomic E-state index is 0.0877. The van der Waals surface area contributed by atoms with Crippen molar-refractivity contribution in [1.29, 1.82) is 0 Å². The highest BCUT2D eigenvalue weighted by Crippen LogP contribution is 2.33. The number of aromatic amines is 1. The molecule has 2 aliphatic rings. The lowest BCUT2D eigenvalue weighted by Crippen LogP contribution is -2.43. The predicted octanol–water partition coefficient (Wildman–Crippen LogP) is 0.865.